The summed E-state index contributed by atoms with van der Waals surface area (Å²) in [5.74, 6) is -1.03. The number of halogens is 3. The molecule has 1 N–H and O–H groups in total. The lowest BCUT2D eigenvalue weighted by molar-refractivity contribution is -0.150. The Kier molecular flexibility index (Phi) is 3.15. The Hall–Kier alpha value is -1.04. The van der Waals surface area contributed by atoms with E-state index in [0.29, 0.717) is 5.69 Å². The van der Waals surface area contributed by atoms with Gasteiger partial charge in [0.25, 0.3) is 0 Å². The maximum absolute atomic E-state index is 11.8. The van der Waals surface area contributed by atoms with Crippen LogP contribution in [0.2, 0.25) is 0 Å². The first-order valence-electron chi connectivity index (χ1n) is 3.78. The summed E-state index contributed by atoms with van der Waals surface area (Å²) in [5, 5.41) is 5.55. The number of hydrogen-bond acceptors (Lipinski definition) is 2. The van der Waals surface area contributed by atoms with Crippen molar-refractivity contribution in [1.29, 1.82) is 0 Å². The number of thiophene rings is 1. The van der Waals surface area contributed by atoms with Crippen LogP contribution in [-0.2, 0) is 4.79 Å². The number of aryl methyl sites for hydroxylation is 1. The summed E-state index contributed by atoms with van der Waals surface area (Å²) < 4.78 is 35.3. The summed E-state index contributed by atoms with van der Waals surface area (Å²) in [6.45, 7) is 1.72. The van der Waals surface area contributed by atoms with Gasteiger partial charge in [-0.15, -0.1) is 11.3 Å². The minimum absolute atomic E-state index is 0.448. The molecule has 1 aromatic rings. The van der Waals surface area contributed by atoms with Crippen molar-refractivity contribution in [3.05, 3.63) is 16.3 Å². The van der Waals surface area contributed by atoms with Crippen LogP contribution in [0.1, 0.15) is 12.0 Å². The summed E-state index contributed by atoms with van der Waals surface area (Å²) >= 11 is 1.33. The third-order valence-corrected chi connectivity index (χ3v) is 2.35. The lowest BCUT2D eigenvalue weighted by atomic mass is 10.3. The minimum Gasteiger partial charge on any atom is -0.325 e. The molecule has 0 saturated heterocycles. The Morgan fingerprint density at radius 2 is 2.14 bits per heavy atom. The van der Waals surface area contributed by atoms with Gasteiger partial charge in [-0.05, 0) is 17.9 Å². The number of alkyl halides is 3. The second-order valence-electron chi connectivity index (χ2n) is 2.81. The molecule has 78 valence electrons. The molecule has 0 aliphatic heterocycles. The second-order valence-corrected chi connectivity index (χ2v) is 3.55. The minimum atomic E-state index is -4.45. The smallest absolute Gasteiger partial charge is 0.325 e. The molecule has 14 heavy (non-hydrogen) atoms. The highest BCUT2D eigenvalue weighted by Gasteiger charge is 2.31. The van der Waals surface area contributed by atoms with Crippen LogP contribution < -0.4 is 5.32 Å². The van der Waals surface area contributed by atoms with Crippen molar-refractivity contribution in [2.75, 3.05) is 5.32 Å². The van der Waals surface area contributed by atoms with Gasteiger partial charge in [0.1, 0.15) is 6.42 Å². The zero-order valence-electron chi connectivity index (χ0n) is 7.31. The van der Waals surface area contributed by atoms with Crippen LogP contribution in [0.5, 0.6) is 0 Å². The van der Waals surface area contributed by atoms with Crippen molar-refractivity contribution in [1.82, 2.24) is 0 Å². The fraction of sp³-hybridized carbons (Fsp3) is 0.375. The molecule has 1 heterocycles. The van der Waals surface area contributed by atoms with E-state index >= 15 is 0 Å². The van der Waals surface area contributed by atoms with E-state index in [1.165, 1.54) is 11.3 Å². The van der Waals surface area contributed by atoms with Gasteiger partial charge in [0.05, 0.1) is 5.69 Å². The van der Waals surface area contributed by atoms with E-state index in [9.17, 15) is 18.0 Å². The van der Waals surface area contributed by atoms with Gasteiger partial charge in [-0.2, -0.15) is 13.2 Å². The summed E-state index contributed by atoms with van der Waals surface area (Å²) in [4.78, 5) is 10.9. The zero-order valence-corrected chi connectivity index (χ0v) is 8.13. The Bertz CT molecular complexity index is 332. The molecular weight excluding hydrogens is 215 g/mol. The molecule has 0 spiro atoms. The van der Waals surface area contributed by atoms with E-state index in [0.717, 1.165) is 5.56 Å². The summed E-state index contributed by atoms with van der Waals surface area (Å²) in [6.07, 6.45) is -5.89. The van der Waals surface area contributed by atoms with Gasteiger partial charge in [0.2, 0.25) is 5.91 Å². The van der Waals surface area contributed by atoms with Crippen LogP contribution in [0.4, 0.5) is 18.9 Å². The molecule has 0 atom stereocenters. The third-order valence-electron chi connectivity index (χ3n) is 1.49. The average molecular weight is 223 g/mol. The van der Waals surface area contributed by atoms with Crippen LogP contribution >= 0.6 is 11.3 Å². The molecule has 0 aliphatic carbocycles. The number of rotatable bonds is 2. The maximum atomic E-state index is 11.8. The van der Waals surface area contributed by atoms with E-state index in [-0.39, 0.29) is 0 Å². The SMILES string of the molecule is Cc1cscc1NC(=O)CC(F)(F)F. The van der Waals surface area contributed by atoms with Gasteiger partial charge in [0, 0.05) is 5.38 Å². The summed E-state index contributed by atoms with van der Waals surface area (Å²) in [7, 11) is 0. The number of hydrogen-bond donors (Lipinski definition) is 1. The molecule has 0 saturated carbocycles. The van der Waals surface area contributed by atoms with Crippen LogP contribution in [0.15, 0.2) is 10.8 Å². The highest BCUT2D eigenvalue weighted by molar-refractivity contribution is 7.08. The predicted molar refractivity (Wildman–Crippen MR) is 48.4 cm³/mol. The van der Waals surface area contributed by atoms with Crippen molar-refractivity contribution < 1.29 is 18.0 Å². The first-order chi connectivity index (χ1) is 6.38. The lowest BCUT2D eigenvalue weighted by Gasteiger charge is -2.06. The van der Waals surface area contributed by atoms with Crippen LogP contribution in [0.3, 0.4) is 0 Å². The van der Waals surface area contributed by atoms with Crippen molar-refractivity contribution in [2.45, 2.75) is 19.5 Å². The van der Waals surface area contributed by atoms with Crippen LogP contribution in [-0.4, -0.2) is 12.1 Å². The molecule has 0 radical (unpaired) electrons. The molecule has 1 aromatic heterocycles. The van der Waals surface area contributed by atoms with Crippen LogP contribution in [0, 0.1) is 6.92 Å². The Balaban J connectivity index is 2.54. The Morgan fingerprint density at radius 3 is 2.57 bits per heavy atom. The average Bonchev–Trinajstić information content (AvgIpc) is 2.32. The quantitative estimate of drug-likeness (QED) is 0.820. The molecule has 0 aromatic carbocycles. The van der Waals surface area contributed by atoms with E-state index < -0.39 is 18.5 Å². The third kappa shape index (κ3) is 3.37. The number of nitrogens with one attached hydrogen (secondary N) is 1. The Morgan fingerprint density at radius 1 is 1.50 bits per heavy atom. The number of amides is 1. The van der Waals surface area contributed by atoms with Gasteiger partial charge in [0.15, 0.2) is 0 Å². The van der Waals surface area contributed by atoms with E-state index in [1.807, 2.05) is 0 Å². The van der Waals surface area contributed by atoms with Gasteiger partial charge in [-0.1, -0.05) is 0 Å². The zero-order chi connectivity index (χ0) is 10.8. The van der Waals surface area contributed by atoms with Crippen molar-refractivity contribution in [3.63, 3.8) is 0 Å². The fourth-order valence-corrected chi connectivity index (χ4v) is 1.65. The van der Waals surface area contributed by atoms with E-state index in [2.05, 4.69) is 5.32 Å². The fourth-order valence-electron chi connectivity index (χ4n) is 0.865. The summed E-state index contributed by atoms with van der Waals surface area (Å²) in [6, 6.07) is 0. The van der Waals surface area contributed by atoms with Crippen molar-refractivity contribution >= 4 is 22.9 Å². The number of anilines is 1. The molecule has 0 bridgehead atoms. The molecule has 0 fully saturated rings. The van der Waals surface area contributed by atoms with Crippen molar-refractivity contribution in [3.8, 4) is 0 Å². The molecule has 0 unspecified atom stereocenters. The first kappa shape index (κ1) is 11.0. The van der Waals surface area contributed by atoms with E-state index in [1.54, 1.807) is 17.7 Å². The normalized spacial score (nSPS) is 11.4. The molecule has 1 amide bonds. The van der Waals surface area contributed by atoms with E-state index in [4.69, 9.17) is 0 Å². The molecule has 2 nitrogen and oxygen atoms in total. The highest BCUT2D eigenvalue weighted by Crippen LogP contribution is 2.23. The monoisotopic (exact) mass is 223 g/mol. The Labute approximate surface area is 82.7 Å². The predicted octanol–water partition coefficient (Wildman–Crippen LogP) is 2.95. The van der Waals surface area contributed by atoms with Gasteiger partial charge < -0.3 is 5.32 Å². The lowest BCUT2D eigenvalue weighted by Crippen LogP contribution is -2.21. The topological polar surface area (TPSA) is 29.1 Å². The number of carbonyl (C=O) groups excluding carboxylic acids is 1. The van der Waals surface area contributed by atoms with Crippen LogP contribution in [0.25, 0.3) is 0 Å². The van der Waals surface area contributed by atoms with Crippen molar-refractivity contribution in [2.24, 2.45) is 0 Å². The highest BCUT2D eigenvalue weighted by atomic mass is 32.1. The van der Waals surface area contributed by atoms with Gasteiger partial charge >= 0.3 is 6.18 Å². The second kappa shape index (κ2) is 4.00. The standard InChI is InChI=1S/C8H8F3NOS/c1-5-3-14-4-6(5)12-7(13)2-8(9,10)11/h3-4H,2H2,1H3,(H,12,13). The number of carbonyl (C=O) groups is 1. The summed E-state index contributed by atoms with van der Waals surface area (Å²) in [5.41, 5.74) is 1.22. The molecule has 6 heteroatoms. The largest absolute Gasteiger partial charge is 0.397 e. The molecule has 0 aliphatic rings. The maximum Gasteiger partial charge on any atom is 0.397 e. The molecule has 1 rings (SSSR count). The van der Waals surface area contributed by atoms with Gasteiger partial charge in [-0.25, -0.2) is 0 Å². The first-order valence-corrected chi connectivity index (χ1v) is 4.72. The molecular formula is C8H8F3NOS. The van der Waals surface area contributed by atoms with Gasteiger partial charge in [-0.3, -0.25) is 4.79 Å².